The van der Waals surface area contributed by atoms with E-state index in [0.29, 0.717) is 6.10 Å². The van der Waals surface area contributed by atoms with Gasteiger partial charge in [-0.15, -0.1) is 0 Å². The standard InChI is InChI=1S/C19H26N4O/c1-14-2-4-15(5-3-14)19-16(11-21-22-19)10-20-12-18-13-23(8-9-24-18)17-6-7-17/h2-5,11,17-18,20H,6-10,12-13H2,1H3,(H,21,22)/t18-/m1/s1. The van der Waals surface area contributed by atoms with Crippen LogP contribution in [0, 0.1) is 6.92 Å². The van der Waals surface area contributed by atoms with Gasteiger partial charge in [0.1, 0.15) is 0 Å². The van der Waals surface area contributed by atoms with Gasteiger partial charge in [-0.1, -0.05) is 29.8 Å². The van der Waals surface area contributed by atoms with Crippen LogP contribution in [0.4, 0.5) is 0 Å². The molecule has 24 heavy (non-hydrogen) atoms. The lowest BCUT2D eigenvalue weighted by Gasteiger charge is -2.33. The van der Waals surface area contributed by atoms with Crippen LogP contribution in [-0.4, -0.2) is 53.5 Å². The fourth-order valence-electron chi connectivity index (χ4n) is 3.42. The van der Waals surface area contributed by atoms with Crippen LogP contribution in [0.2, 0.25) is 0 Å². The van der Waals surface area contributed by atoms with E-state index in [1.165, 1.54) is 29.5 Å². The molecule has 1 aliphatic carbocycles. The number of nitrogens with one attached hydrogen (secondary N) is 2. The maximum absolute atomic E-state index is 5.91. The van der Waals surface area contributed by atoms with Gasteiger partial charge >= 0.3 is 0 Å². The van der Waals surface area contributed by atoms with E-state index in [2.05, 4.69) is 51.6 Å². The molecule has 1 saturated carbocycles. The zero-order chi connectivity index (χ0) is 16.4. The molecule has 5 nitrogen and oxygen atoms in total. The zero-order valence-electron chi connectivity index (χ0n) is 14.3. The van der Waals surface area contributed by atoms with Crippen LogP contribution >= 0.6 is 0 Å². The first-order valence-electron chi connectivity index (χ1n) is 8.95. The van der Waals surface area contributed by atoms with Crippen LogP contribution in [0.1, 0.15) is 24.0 Å². The van der Waals surface area contributed by atoms with E-state index in [4.69, 9.17) is 4.74 Å². The Labute approximate surface area is 143 Å². The Morgan fingerprint density at radius 3 is 2.92 bits per heavy atom. The summed E-state index contributed by atoms with van der Waals surface area (Å²) < 4.78 is 5.91. The van der Waals surface area contributed by atoms with E-state index in [1.54, 1.807) is 0 Å². The Morgan fingerprint density at radius 2 is 2.12 bits per heavy atom. The average molecular weight is 326 g/mol. The Kier molecular flexibility index (Phi) is 4.65. The number of ether oxygens (including phenoxy) is 1. The van der Waals surface area contributed by atoms with Crippen molar-refractivity contribution in [3.05, 3.63) is 41.6 Å². The highest BCUT2D eigenvalue weighted by Gasteiger charge is 2.32. The maximum atomic E-state index is 5.91. The predicted octanol–water partition coefficient (Wildman–Crippen LogP) is 2.34. The van der Waals surface area contributed by atoms with Crippen LogP contribution in [0.3, 0.4) is 0 Å². The van der Waals surface area contributed by atoms with Crippen molar-refractivity contribution >= 4 is 0 Å². The minimum absolute atomic E-state index is 0.300. The Bertz CT molecular complexity index is 662. The number of hydrogen-bond donors (Lipinski definition) is 2. The van der Waals surface area contributed by atoms with Gasteiger partial charge in [0.05, 0.1) is 24.6 Å². The molecule has 1 aromatic carbocycles. The Hall–Kier alpha value is -1.69. The van der Waals surface area contributed by atoms with Crippen molar-refractivity contribution in [2.24, 2.45) is 0 Å². The van der Waals surface area contributed by atoms with Gasteiger partial charge < -0.3 is 10.1 Å². The van der Waals surface area contributed by atoms with E-state index in [-0.39, 0.29) is 0 Å². The molecule has 5 heteroatoms. The highest BCUT2D eigenvalue weighted by Crippen LogP contribution is 2.28. The second-order valence-corrected chi connectivity index (χ2v) is 6.99. The maximum Gasteiger partial charge on any atom is 0.0826 e. The summed E-state index contributed by atoms with van der Waals surface area (Å²) in [6.07, 6.45) is 4.96. The number of rotatable bonds is 6. The summed E-state index contributed by atoms with van der Waals surface area (Å²) >= 11 is 0. The lowest BCUT2D eigenvalue weighted by Crippen LogP contribution is -2.47. The normalized spacial score (nSPS) is 22.0. The summed E-state index contributed by atoms with van der Waals surface area (Å²) in [6.45, 7) is 6.83. The largest absolute Gasteiger partial charge is 0.374 e. The predicted molar refractivity (Wildman–Crippen MR) is 94.8 cm³/mol. The molecule has 1 aromatic heterocycles. The van der Waals surface area contributed by atoms with Gasteiger partial charge in [0.25, 0.3) is 0 Å². The molecule has 128 valence electrons. The summed E-state index contributed by atoms with van der Waals surface area (Å²) in [4.78, 5) is 2.59. The fourth-order valence-corrected chi connectivity index (χ4v) is 3.42. The van der Waals surface area contributed by atoms with E-state index in [0.717, 1.165) is 44.5 Å². The molecule has 2 N–H and O–H groups in total. The Balaban J connectivity index is 1.32. The molecule has 0 amide bonds. The minimum Gasteiger partial charge on any atom is -0.374 e. The molecule has 1 saturated heterocycles. The lowest BCUT2D eigenvalue weighted by molar-refractivity contribution is -0.0301. The Morgan fingerprint density at radius 1 is 1.29 bits per heavy atom. The summed E-state index contributed by atoms with van der Waals surface area (Å²) in [6, 6.07) is 9.39. The first-order chi connectivity index (χ1) is 11.8. The van der Waals surface area contributed by atoms with Gasteiger partial charge in [-0.25, -0.2) is 0 Å². The van der Waals surface area contributed by atoms with Gasteiger partial charge in [-0.3, -0.25) is 10.00 Å². The number of H-pyrrole nitrogens is 1. The van der Waals surface area contributed by atoms with Gasteiger partial charge in [-0.2, -0.15) is 5.10 Å². The molecule has 4 rings (SSSR count). The molecule has 0 spiro atoms. The number of aryl methyl sites for hydroxylation is 1. The highest BCUT2D eigenvalue weighted by atomic mass is 16.5. The van der Waals surface area contributed by atoms with Gasteiger partial charge in [0.15, 0.2) is 0 Å². The third-order valence-electron chi connectivity index (χ3n) is 4.98. The topological polar surface area (TPSA) is 53.2 Å². The number of hydrogen-bond acceptors (Lipinski definition) is 4. The number of nitrogens with zero attached hydrogens (tertiary/aromatic N) is 2. The summed E-state index contributed by atoms with van der Waals surface area (Å²) in [5.74, 6) is 0. The average Bonchev–Trinajstić information content (AvgIpc) is 3.36. The molecule has 2 aromatic rings. The molecular weight excluding hydrogens is 300 g/mol. The van der Waals surface area contributed by atoms with Crippen LogP contribution in [0.5, 0.6) is 0 Å². The number of morpholine rings is 1. The van der Waals surface area contributed by atoms with Gasteiger partial charge in [0.2, 0.25) is 0 Å². The van der Waals surface area contributed by atoms with Crippen molar-refractivity contribution in [2.75, 3.05) is 26.2 Å². The van der Waals surface area contributed by atoms with Crippen molar-refractivity contribution in [1.29, 1.82) is 0 Å². The summed E-state index contributed by atoms with van der Waals surface area (Å²) in [5.41, 5.74) is 4.76. The third-order valence-corrected chi connectivity index (χ3v) is 4.98. The summed E-state index contributed by atoms with van der Waals surface area (Å²) in [7, 11) is 0. The first-order valence-corrected chi connectivity index (χ1v) is 8.95. The van der Waals surface area contributed by atoms with Crippen molar-refractivity contribution in [3.8, 4) is 11.3 Å². The van der Waals surface area contributed by atoms with Crippen LogP contribution in [0.15, 0.2) is 30.5 Å². The van der Waals surface area contributed by atoms with Crippen molar-refractivity contribution in [3.63, 3.8) is 0 Å². The first kappa shape index (κ1) is 15.8. The third kappa shape index (κ3) is 3.69. The molecule has 0 radical (unpaired) electrons. The van der Waals surface area contributed by atoms with E-state index >= 15 is 0 Å². The quantitative estimate of drug-likeness (QED) is 0.855. The van der Waals surface area contributed by atoms with E-state index in [9.17, 15) is 0 Å². The molecule has 1 atom stereocenters. The number of benzene rings is 1. The second-order valence-electron chi connectivity index (χ2n) is 6.99. The number of aromatic nitrogens is 2. The molecular formula is C19H26N4O. The highest BCUT2D eigenvalue weighted by molar-refractivity contribution is 5.62. The molecule has 0 unspecified atom stereocenters. The molecule has 2 aliphatic rings. The van der Waals surface area contributed by atoms with Crippen LogP contribution in [0.25, 0.3) is 11.3 Å². The molecule has 1 aliphatic heterocycles. The van der Waals surface area contributed by atoms with E-state index < -0.39 is 0 Å². The summed E-state index contributed by atoms with van der Waals surface area (Å²) in [5, 5.41) is 10.9. The number of aromatic amines is 1. The van der Waals surface area contributed by atoms with Crippen molar-refractivity contribution in [1.82, 2.24) is 20.4 Å². The van der Waals surface area contributed by atoms with Crippen molar-refractivity contribution in [2.45, 2.75) is 38.5 Å². The SMILES string of the molecule is Cc1ccc(-c2[nH]ncc2CNC[C@@H]2CN(C3CC3)CCO2)cc1. The smallest absolute Gasteiger partial charge is 0.0826 e. The fraction of sp³-hybridized carbons (Fsp3) is 0.526. The van der Waals surface area contributed by atoms with Crippen LogP contribution in [-0.2, 0) is 11.3 Å². The van der Waals surface area contributed by atoms with E-state index in [1.807, 2.05) is 6.20 Å². The van der Waals surface area contributed by atoms with Gasteiger partial charge in [0, 0.05) is 37.8 Å². The van der Waals surface area contributed by atoms with Crippen molar-refractivity contribution < 1.29 is 4.74 Å². The van der Waals surface area contributed by atoms with Crippen LogP contribution < -0.4 is 5.32 Å². The molecule has 2 heterocycles. The lowest BCUT2D eigenvalue weighted by atomic mass is 10.1. The molecule has 2 fully saturated rings. The minimum atomic E-state index is 0.300. The second kappa shape index (κ2) is 7.05. The monoisotopic (exact) mass is 326 g/mol. The van der Waals surface area contributed by atoms with Gasteiger partial charge in [-0.05, 0) is 25.3 Å². The molecule has 0 bridgehead atoms. The zero-order valence-corrected chi connectivity index (χ0v) is 14.3.